The second kappa shape index (κ2) is 6.09. The Morgan fingerprint density at radius 1 is 1.38 bits per heavy atom. The zero-order chi connectivity index (χ0) is 12.1. The zero-order valence-corrected chi connectivity index (χ0v) is 11.1. The Kier molecular flexibility index (Phi) is 5.07. The molecule has 0 unspecified atom stereocenters. The lowest BCUT2D eigenvalue weighted by Gasteiger charge is -1.98. The topological polar surface area (TPSA) is 43.1 Å². The minimum Gasteiger partial charge on any atom is -0.258 e. The third-order valence-electron chi connectivity index (χ3n) is 1.68. The van der Waals surface area contributed by atoms with Crippen molar-refractivity contribution < 1.29 is 4.92 Å². The first-order valence-corrected chi connectivity index (χ1v) is 6.12. The molecule has 0 bridgehead atoms. The van der Waals surface area contributed by atoms with E-state index in [0.717, 1.165) is 5.33 Å². The van der Waals surface area contributed by atoms with Crippen molar-refractivity contribution in [2.24, 2.45) is 0 Å². The molecule has 0 saturated carbocycles. The summed E-state index contributed by atoms with van der Waals surface area (Å²) in [6, 6.07) is 2.62. The Balaban J connectivity index is 3.21. The fraction of sp³-hybridized carbons (Fsp3) is 0.200. The van der Waals surface area contributed by atoms with Crippen molar-refractivity contribution in [2.45, 2.75) is 6.42 Å². The monoisotopic (exact) mass is 321 g/mol. The molecule has 1 aromatic rings. The lowest BCUT2D eigenvalue weighted by Crippen LogP contribution is -1.92. The fourth-order valence-corrected chi connectivity index (χ4v) is 1.51. The summed E-state index contributed by atoms with van der Waals surface area (Å²) < 4.78 is 0. The molecule has 0 atom stereocenters. The molecule has 0 aliphatic carbocycles. The van der Waals surface area contributed by atoms with Gasteiger partial charge in [-0.05, 0) is 6.07 Å². The molecule has 16 heavy (non-hydrogen) atoms. The van der Waals surface area contributed by atoms with Crippen LogP contribution in [0, 0.1) is 22.0 Å². The molecule has 1 aromatic carbocycles. The van der Waals surface area contributed by atoms with E-state index < -0.39 is 4.92 Å². The van der Waals surface area contributed by atoms with Gasteiger partial charge >= 0.3 is 0 Å². The molecule has 1 rings (SSSR count). The minimum atomic E-state index is -0.527. The first-order valence-electron chi connectivity index (χ1n) is 4.24. The largest absolute Gasteiger partial charge is 0.286 e. The van der Waals surface area contributed by atoms with Gasteiger partial charge in [0.2, 0.25) is 0 Å². The number of halogens is 3. The predicted octanol–water partition coefficient (Wildman–Crippen LogP) is 4.04. The van der Waals surface area contributed by atoms with Crippen LogP contribution in [-0.4, -0.2) is 10.3 Å². The average Bonchev–Trinajstić information content (AvgIpc) is 2.23. The molecule has 0 saturated heterocycles. The number of nitro groups is 1. The number of nitro benzene ring substituents is 1. The van der Waals surface area contributed by atoms with E-state index in [1.165, 1.54) is 12.1 Å². The quantitative estimate of drug-likeness (QED) is 0.357. The Morgan fingerprint density at radius 2 is 2.00 bits per heavy atom. The van der Waals surface area contributed by atoms with Gasteiger partial charge in [-0.1, -0.05) is 51.0 Å². The minimum absolute atomic E-state index is 0.128. The van der Waals surface area contributed by atoms with E-state index >= 15 is 0 Å². The van der Waals surface area contributed by atoms with Crippen molar-refractivity contribution >= 4 is 44.8 Å². The van der Waals surface area contributed by atoms with Crippen molar-refractivity contribution in [1.29, 1.82) is 0 Å². The van der Waals surface area contributed by atoms with E-state index in [1.807, 2.05) is 0 Å². The lowest BCUT2D eigenvalue weighted by atomic mass is 10.2. The molecule has 0 aliphatic heterocycles. The van der Waals surface area contributed by atoms with Gasteiger partial charge in [0, 0.05) is 17.8 Å². The van der Waals surface area contributed by atoms with Crippen LogP contribution in [0.2, 0.25) is 10.0 Å². The molecule has 0 spiro atoms. The van der Waals surface area contributed by atoms with Crippen molar-refractivity contribution in [2.75, 3.05) is 5.33 Å². The Morgan fingerprint density at radius 3 is 2.56 bits per heavy atom. The first-order chi connectivity index (χ1) is 7.56. The molecular formula is C10H6BrCl2NO2. The van der Waals surface area contributed by atoms with E-state index in [4.69, 9.17) is 23.2 Å². The highest BCUT2D eigenvalue weighted by molar-refractivity contribution is 9.09. The molecular weight excluding hydrogens is 317 g/mol. The summed E-state index contributed by atoms with van der Waals surface area (Å²) in [5.41, 5.74) is 0.150. The maximum Gasteiger partial charge on any atom is 0.286 e. The lowest BCUT2D eigenvalue weighted by molar-refractivity contribution is -0.385. The summed E-state index contributed by atoms with van der Waals surface area (Å²) in [7, 11) is 0. The molecule has 0 fully saturated rings. The van der Waals surface area contributed by atoms with Crippen molar-refractivity contribution in [3.8, 4) is 11.8 Å². The van der Waals surface area contributed by atoms with Gasteiger partial charge in [0.25, 0.3) is 5.69 Å². The van der Waals surface area contributed by atoms with Crippen LogP contribution in [0.15, 0.2) is 12.1 Å². The van der Waals surface area contributed by atoms with Crippen LogP contribution in [0.1, 0.15) is 12.0 Å². The van der Waals surface area contributed by atoms with Gasteiger partial charge in [-0.25, -0.2) is 0 Å². The van der Waals surface area contributed by atoms with Gasteiger partial charge in [-0.15, -0.1) is 0 Å². The molecule has 84 valence electrons. The first kappa shape index (κ1) is 13.3. The number of nitrogens with zero attached hydrogens (tertiary/aromatic N) is 1. The van der Waals surface area contributed by atoms with Gasteiger partial charge in [0.05, 0.1) is 15.0 Å². The molecule has 0 radical (unpaired) electrons. The van der Waals surface area contributed by atoms with E-state index in [9.17, 15) is 10.1 Å². The third-order valence-corrected chi connectivity index (χ3v) is 2.80. The molecule has 0 N–H and O–H groups in total. The van der Waals surface area contributed by atoms with Crippen molar-refractivity contribution in [1.82, 2.24) is 0 Å². The van der Waals surface area contributed by atoms with Gasteiger partial charge in [-0.2, -0.15) is 0 Å². The Labute approximate surface area is 111 Å². The second-order valence-corrected chi connectivity index (χ2v) is 4.39. The van der Waals surface area contributed by atoms with E-state index in [2.05, 4.69) is 27.8 Å². The van der Waals surface area contributed by atoms with Gasteiger partial charge in [0.1, 0.15) is 5.56 Å². The number of rotatable bonds is 2. The zero-order valence-electron chi connectivity index (χ0n) is 7.97. The van der Waals surface area contributed by atoms with Crippen molar-refractivity contribution in [3.05, 3.63) is 37.9 Å². The third kappa shape index (κ3) is 3.38. The van der Waals surface area contributed by atoms with Crippen LogP contribution in [-0.2, 0) is 0 Å². The van der Waals surface area contributed by atoms with Crippen molar-refractivity contribution in [3.63, 3.8) is 0 Å². The number of benzene rings is 1. The Bertz CT molecular complexity index is 480. The van der Waals surface area contributed by atoms with Crippen LogP contribution >= 0.6 is 39.1 Å². The Hall–Kier alpha value is -0.760. The molecule has 0 aromatic heterocycles. The highest BCUT2D eigenvalue weighted by atomic mass is 79.9. The number of hydrogen-bond donors (Lipinski definition) is 0. The maximum atomic E-state index is 10.7. The molecule has 0 heterocycles. The SMILES string of the molecule is O=[N+]([O-])c1cc(Cl)c(Cl)cc1C#CCCBr. The fourth-order valence-electron chi connectivity index (χ4n) is 0.992. The smallest absolute Gasteiger partial charge is 0.258 e. The molecule has 6 heteroatoms. The van der Waals surface area contributed by atoms with Crippen LogP contribution in [0.5, 0.6) is 0 Å². The predicted molar refractivity (Wildman–Crippen MR) is 68.4 cm³/mol. The highest BCUT2D eigenvalue weighted by Crippen LogP contribution is 2.29. The summed E-state index contributed by atoms with van der Waals surface area (Å²) in [5, 5.41) is 11.9. The summed E-state index contributed by atoms with van der Waals surface area (Å²) in [6.45, 7) is 0. The van der Waals surface area contributed by atoms with Gasteiger partial charge < -0.3 is 0 Å². The number of hydrogen-bond acceptors (Lipinski definition) is 2. The standard InChI is InChI=1S/C10H6BrCl2NO2/c11-4-2-1-3-7-5-8(12)9(13)6-10(7)14(15)16/h5-6H,2,4H2. The molecule has 3 nitrogen and oxygen atoms in total. The number of alkyl halides is 1. The average molecular weight is 323 g/mol. The van der Waals surface area contributed by atoms with E-state index in [-0.39, 0.29) is 21.3 Å². The summed E-state index contributed by atoms with van der Waals surface area (Å²) >= 11 is 14.7. The summed E-state index contributed by atoms with van der Waals surface area (Å²) in [4.78, 5) is 10.2. The van der Waals surface area contributed by atoms with E-state index in [1.54, 1.807) is 0 Å². The molecule has 0 aliphatic rings. The summed E-state index contributed by atoms with van der Waals surface area (Å²) in [5.74, 6) is 5.49. The van der Waals surface area contributed by atoms with Crippen LogP contribution < -0.4 is 0 Å². The van der Waals surface area contributed by atoms with Crippen LogP contribution in [0.4, 0.5) is 5.69 Å². The van der Waals surface area contributed by atoms with Crippen LogP contribution in [0.3, 0.4) is 0 Å². The van der Waals surface area contributed by atoms with E-state index in [0.29, 0.717) is 6.42 Å². The molecule has 0 amide bonds. The highest BCUT2D eigenvalue weighted by Gasteiger charge is 2.15. The van der Waals surface area contributed by atoms with Crippen LogP contribution in [0.25, 0.3) is 0 Å². The second-order valence-electron chi connectivity index (χ2n) is 2.78. The maximum absolute atomic E-state index is 10.7. The normalized spacial score (nSPS) is 9.44. The van der Waals surface area contributed by atoms with Gasteiger partial charge in [-0.3, -0.25) is 10.1 Å². The van der Waals surface area contributed by atoms with Gasteiger partial charge in [0.15, 0.2) is 0 Å². The summed E-state index contributed by atoms with van der Waals surface area (Å²) in [6.07, 6.45) is 0.609.